The largest absolute Gasteiger partial charge is 0.462 e. The van der Waals surface area contributed by atoms with Crippen LogP contribution in [0.15, 0.2) is 46.1 Å². The van der Waals surface area contributed by atoms with E-state index in [9.17, 15) is 24.1 Å². The molecule has 36 heavy (non-hydrogen) atoms. The molecule has 2 heterocycles. The average Bonchev–Trinajstić information content (AvgIpc) is 3.08. The first kappa shape index (κ1) is 28.1. The van der Waals surface area contributed by atoms with Crippen molar-refractivity contribution in [2.24, 2.45) is 0 Å². The van der Waals surface area contributed by atoms with Gasteiger partial charge in [0.2, 0.25) is 0 Å². The number of H-pyrrole nitrogens is 1. The molecular weight excluding hydrogens is 517 g/mol. The van der Waals surface area contributed by atoms with Crippen molar-refractivity contribution in [1.82, 2.24) is 14.6 Å². The van der Waals surface area contributed by atoms with Gasteiger partial charge in [-0.3, -0.25) is 23.7 Å². The number of aromatic amines is 1. The summed E-state index contributed by atoms with van der Waals surface area (Å²) in [5.74, 6) is -0.467. The maximum Gasteiger partial charge on any atom is 0.459 e. The average molecular weight is 546 g/mol. The van der Waals surface area contributed by atoms with Crippen molar-refractivity contribution in [3.8, 4) is 5.75 Å². The van der Waals surface area contributed by atoms with Gasteiger partial charge in [0.05, 0.1) is 12.7 Å². The topological polar surface area (TPSA) is 158 Å². The fourth-order valence-electron chi connectivity index (χ4n) is 3.35. The lowest BCUT2D eigenvalue weighted by atomic mass is 10.2. The summed E-state index contributed by atoms with van der Waals surface area (Å²) in [6.45, 7) is 5.81. The normalized spacial score (nSPS) is 24.3. The maximum absolute atomic E-state index is 13.6. The number of halogens is 1. The van der Waals surface area contributed by atoms with Crippen molar-refractivity contribution in [1.29, 1.82) is 0 Å². The number of nitrogens with one attached hydrogen (secondary N) is 2. The Morgan fingerprint density at radius 1 is 1.28 bits per heavy atom. The number of aryl methyl sites for hydroxylation is 1. The van der Waals surface area contributed by atoms with Gasteiger partial charge in [0, 0.05) is 11.8 Å². The van der Waals surface area contributed by atoms with Crippen LogP contribution in [0.2, 0.25) is 0 Å². The molecule has 12 nitrogen and oxygen atoms in total. The van der Waals surface area contributed by atoms with Crippen LogP contribution in [0.1, 0.15) is 32.6 Å². The zero-order valence-electron chi connectivity index (χ0n) is 20.1. The molecule has 0 saturated carbocycles. The predicted octanol–water partition coefficient (Wildman–Crippen LogP) is 1.84. The van der Waals surface area contributed by atoms with Crippen LogP contribution in [-0.2, 0) is 23.4 Å². The number of rotatable bonds is 10. The number of esters is 1. The molecule has 0 bridgehead atoms. The molecular formula is C22H29ClN3O9P. The van der Waals surface area contributed by atoms with E-state index >= 15 is 0 Å². The Labute approximate surface area is 212 Å². The summed E-state index contributed by atoms with van der Waals surface area (Å²) < 4.78 is 36.6. The molecule has 3 N–H and O–H groups in total. The molecule has 2 aromatic rings. The van der Waals surface area contributed by atoms with Gasteiger partial charge in [-0.2, -0.15) is 5.09 Å². The third-order valence-electron chi connectivity index (χ3n) is 5.15. The van der Waals surface area contributed by atoms with Crippen molar-refractivity contribution in [3.05, 3.63) is 62.9 Å². The number of para-hydroxylation sites is 1. The minimum atomic E-state index is -4.21. The number of hydrogen-bond acceptors (Lipinski definition) is 9. The number of carbonyl (C=O) groups excluding carboxylic acids is 1. The number of aromatic nitrogens is 2. The van der Waals surface area contributed by atoms with Gasteiger partial charge in [0.1, 0.15) is 29.4 Å². The SMILES string of the molecule is Cc1cn([C@H]2O[C@@H](CO[P@](=O)(N[C@@H](C)C(=O)OC(C)C)Oc3ccccc3)C(O)[C@H]2Cl)c(=O)[nH]c1=O. The molecule has 0 spiro atoms. The van der Waals surface area contributed by atoms with Crippen molar-refractivity contribution in [3.63, 3.8) is 0 Å². The van der Waals surface area contributed by atoms with Gasteiger partial charge >= 0.3 is 19.4 Å². The maximum atomic E-state index is 13.6. The molecule has 0 amide bonds. The van der Waals surface area contributed by atoms with E-state index in [-0.39, 0.29) is 11.3 Å². The summed E-state index contributed by atoms with van der Waals surface area (Å²) in [7, 11) is -4.21. The summed E-state index contributed by atoms with van der Waals surface area (Å²) in [6, 6.07) is 7.09. The zero-order valence-corrected chi connectivity index (χ0v) is 21.8. The monoisotopic (exact) mass is 545 g/mol. The Kier molecular flexibility index (Phi) is 9.15. The highest BCUT2D eigenvalue weighted by molar-refractivity contribution is 7.52. The summed E-state index contributed by atoms with van der Waals surface area (Å²) >= 11 is 6.32. The lowest BCUT2D eigenvalue weighted by molar-refractivity contribution is -0.149. The van der Waals surface area contributed by atoms with E-state index < -0.39 is 67.5 Å². The molecule has 198 valence electrons. The van der Waals surface area contributed by atoms with Gasteiger partial charge < -0.3 is 19.1 Å². The van der Waals surface area contributed by atoms with Crippen LogP contribution in [0, 0.1) is 6.92 Å². The summed E-state index contributed by atoms with van der Waals surface area (Å²) in [5.41, 5.74) is -1.09. The second-order valence-corrected chi connectivity index (χ2v) is 10.7. The molecule has 3 rings (SSSR count). The number of aliphatic hydroxyl groups excluding tert-OH is 1. The first-order chi connectivity index (χ1) is 16.9. The quantitative estimate of drug-likeness (QED) is 0.228. The third kappa shape index (κ3) is 6.84. The molecule has 6 atom stereocenters. The second-order valence-electron chi connectivity index (χ2n) is 8.51. The predicted molar refractivity (Wildman–Crippen MR) is 130 cm³/mol. The van der Waals surface area contributed by atoms with Crippen LogP contribution in [0.4, 0.5) is 0 Å². The fourth-order valence-corrected chi connectivity index (χ4v) is 5.19. The number of alkyl halides is 1. The number of carbonyl (C=O) groups is 1. The highest BCUT2D eigenvalue weighted by Crippen LogP contribution is 2.46. The summed E-state index contributed by atoms with van der Waals surface area (Å²) in [5, 5.41) is 12.1. The van der Waals surface area contributed by atoms with Crippen LogP contribution in [0.3, 0.4) is 0 Å². The molecule has 1 aromatic carbocycles. The lowest BCUT2D eigenvalue weighted by Gasteiger charge is -2.25. The fraction of sp³-hybridized carbons (Fsp3) is 0.500. The van der Waals surface area contributed by atoms with E-state index in [0.29, 0.717) is 0 Å². The van der Waals surface area contributed by atoms with E-state index in [2.05, 4.69) is 10.1 Å². The first-order valence-corrected chi connectivity index (χ1v) is 13.2. The Morgan fingerprint density at radius 3 is 2.58 bits per heavy atom. The molecule has 1 fully saturated rings. The molecule has 1 saturated heterocycles. The van der Waals surface area contributed by atoms with Gasteiger partial charge in [0.15, 0.2) is 6.23 Å². The number of benzene rings is 1. The number of nitrogens with zero attached hydrogens (tertiary/aromatic N) is 1. The van der Waals surface area contributed by atoms with Crippen LogP contribution in [-0.4, -0.2) is 57.0 Å². The van der Waals surface area contributed by atoms with Gasteiger partial charge in [-0.25, -0.2) is 9.36 Å². The van der Waals surface area contributed by atoms with Crippen molar-refractivity contribution in [2.45, 2.75) is 63.7 Å². The first-order valence-electron chi connectivity index (χ1n) is 11.2. The van der Waals surface area contributed by atoms with Gasteiger partial charge in [-0.05, 0) is 39.8 Å². The highest BCUT2D eigenvalue weighted by Gasteiger charge is 2.45. The van der Waals surface area contributed by atoms with E-state index in [1.165, 1.54) is 20.0 Å². The molecule has 0 radical (unpaired) electrons. The van der Waals surface area contributed by atoms with Crippen molar-refractivity contribution >= 4 is 25.3 Å². The molecule has 1 unspecified atom stereocenters. The molecule has 1 aliphatic heterocycles. The smallest absolute Gasteiger partial charge is 0.459 e. The van der Waals surface area contributed by atoms with Gasteiger partial charge in [-0.1, -0.05) is 18.2 Å². The number of aliphatic hydroxyl groups is 1. The Bertz CT molecular complexity index is 1220. The van der Waals surface area contributed by atoms with Crippen LogP contribution in [0.25, 0.3) is 0 Å². The highest BCUT2D eigenvalue weighted by atomic mass is 35.5. The van der Waals surface area contributed by atoms with E-state index in [4.69, 9.17) is 30.1 Å². The van der Waals surface area contributed by atoms with Crippen LogP contribution >= 0.6 is 19.3 Å². The minimum Gasteiger partial charge on any atom is -0.462 e. The number of hydrogen-bond donors (Lipinski definition) is 3. The van der Waals surface area contributed by atoms with Gasteiger partial charge in [0.25, 0.3) is 5.56 Å². The van der Waals surface area contributed by atoms with E-state index in [1.807, 2.05) is 0 Å². The molecule has 0 aliphatic carbocycles. The third-order valence-corrected chi connectivity index (χ3v) is 7.27. The Balaban J connectivity index is 1.77. The standard InChI is InChI=1S/C22H29ClN3O9P/c1-12(2)33-21(29)14(4)25-36(31,35-15-8-6-5-7-9-15)32-11-16-18(27)17(23)20(34-16)26-10-13(3)19(28)24-22(26)30/h5-10,12,14,16-18,20,27H,11H2,1-4H3,(H,25,31)(H,24,28,30)/t14-,16-,17+,18?,20-,36+/m0/s1. The number of ether oxygens (including phenoxy) is 2. The lowest BCUT2D eigenvalue weighted by Crippen LogP contribution is -2.37. The Hall–Kier alpha value is -2.47. The molecule has 14 heteroatoms. The van der Waals surface area contributed by atoms with Crippen LogP contribution in [0.5, 0.6) is 5.75 Å². The molecule has 1 aromatic heterocycles. The van der Waals surface area contributed by atoms with Crippen LogP contribution < -0.4 is 20.9 Å². The summed E-state index contributed by atoms with van der Waals surface area (Å²) in [4.78, 5) is 38.3. The summed E-state index contributed by atoms with van der Waals surface area (Å²) in [6.07, 6.45) is -2.71. The van der Waals surface area contributed by atoms with E-state index in [0.717, 1.165) is 4.57 Å². The zero-order chi connectivity index (χ0) is 26.6. The van der Waals surface area contributed by atoms with Gasteiger partial charge in [-0.15, -0.1) is 11.6 Å². The minimum absolute atomic E-state index is 0.203. The van der Waals surface area contributed by atoms with E-state index in [1.54, 1.807) is 44.2 Å². The second kappa shape index (κ2) is 11.7. The van der Waals surface area contributed by atoms with Crippen molar-refractivity contribution in [2.75, 3.05) is 6.61 Å². The Morgan fingerprint density at radius 2 is 1.94 bits per heavy atom. The molecule has 1 aliphatic rings. The van der Waals surface area contributed by atoms with Crippen molar-refractivity contribution < 1.29 is 33.0 Å².